The van der Waals surface area contributed by atoms with E-state index < -0.39 is 0 Å². The van der Waals surface area contributed by atoms with Gasteiger partial charge >= 0.3 is 0 Å². The third-order valence-electron chi connectivity index (χ3n) is 4.12. The van der Waals surface area contributed by atoms with Crippen LogP contribution in [0.25, 0.3) is 16.6 Å². The van der Waals surface area contributed by atoms with Crippen molar-refractivity contribution in [3.63, 3.8) is 0 Å². The lowest BCUT2D eigenvalue weighted by Gasteiger charge is -2.26. The molecule has 1 saturated heterocycles. The van der Waals surface area contributed by atoms with Crippen LogP contribution in [0, 0.1) is 0 Å². The van der Waals surface area contributed by atoms with Crippen LogP contribution >= 0.6 is 0 Å². The molecule has 4 heterocycles. The first kappa shape index (κ1) is 14.0. The molecule has 0 atom stereocenters. The van der Waals surface area contributed by atoms with Crippen LogP contribution in [0.4, 0.5) is 0 Å². The van der Waals surface area contributed by atoms with E-state index in [1.165, 1.54) is 4.68 Å². The summed E-state index contributed by atoms with van der Waals surface area (Å²) in [5.41, 5.74) is 1.72. The van der Waals surface area contributed by atoms with Crippen LogP contribution < -0.4 is 5.56 Å². The SMILES string of the molecule is O=C(CCn1ncn2c(cc3occc32)c1=O)N1CCOCC1. The maximum absolute atomic E-state index is 12.5. The van der Waals surface area contributed by atoms with Gasteiger partial charge in [0.1, 0.15) is 11.8 Å². The largest absolute Gasteiger partial charge is 0.463 e. The zero-order chi connectivity index (χ0) is 15.8. The lowest BCUT2D eigenvalue weighted by atomic mass is 10.3. The Morgan fingerprint density at radius 3 is 2.91 bits per heavy atom. The van der Waals surface area contributed by atoms with E-state index in [4.69, 9.17) is 9.15 Å². The van der Waals surface area contributed by atoms with E-state index in [9.17, 15) is 9.59 Å². The van der Waals surface area contributed by atoms with E-state index in [0.29, 0.717) is 37.4 Å². The average molecular weight is 316 g/mol. The number of aryl methyl sites for hydroxylation is 1. The number of nitrogens with zero attached hydrogens (tertiary/aromatic N) is 4. The van der Waals surface area contributed by atoms with E-state index >= 15 is 0 Å². The summed E-state index contributed by atoms with van der Waals surface area (Å²) in [6, 6.07) is 3.48. The van der Waals surface area contributed by atoms with Crippen LogP contribution in [0.1, 0.15) is 6.42 Å². The number of furan rings is 1. The van der Waals surface area contributed by atoms with Crippen molar-refractivity contribution in [3.05, 3.63) is 35.1 Å². The van der Waals surface area contributed by atoms with E-state index in [2.05, 4.69) is 5.10 Å². The molecule has 0 unspecified atom stereocenters. The van der Waals surface area contributed by atoms with Gasteiger partial charge in [0.15, 0.2) is 5.58 Å². The van der Waals surface area contributed by atoms with Crippen LogP contribution in [-0.2, 0) is 16.1 Å². The standard InChI is InChI=1S/C15H16N4O4/c20-14(17-4-7-22-8-5-17)1-3-19-15(21)12-9-13-11(2-6-23-13)18(12)10-16-19/h2,6,9-10H,1,3-5,7-8H2. The fraction of sp³-hybridized carbons (Fsp3) is 0.400. The number of aromatic nitrogens is 3. The normalized spacial score (nSPS) is 15.6. The first-order chi connectivity index (χ1) is 11.2. The highest BCUT2D eigenvalue weighted by Crippen LogP contribution is 2.18. The summed E-state index contributed by atoms with van der Waals surface area (Å²) < 4.78 is 13.6. The van der Waals surface area contributed by atoms with Crippen molar-refractivity contribution >= 4 is 22.5 Å². The predicted molar refractivity (Wildman–Crippen MR) is 81.2 cm³/mol. The number of morpholine rings is 1. The molecule has 1 aliphatic heterocycles. The Labute approximate surface area is 130 Å². The van der Waals surface area contributed by atoms with Crippen molar-refractivity contribution in [2.45, 2.75) is 13.0 Å². The van der Waals surface area contributed by atoms with Crippen molar-refractivity contribution in [1.82, 2.24) is 19.1 Å². The van der Waals surface area contributed by atoms with Crippen molar-refractivity contribution in [2.75, 3.05) is 26.3 Å². The molecule has 23 heavy (non-hydrogen) atoms. The van der Waals surface area contributed by atoms with Gasteiger partial charge in [-0.1, -0.05) is 0 Å². The lowest BCUT2D eigenvalue weighted by Crippen LogP contribution is -2.41. The molecule has 3 aromatic heterocycles. The third-order valence-corrected chi connectivity index (χ3v) is 4.12. The number of carbonyl (C=O) groups is 1. The Morgan fingerprint density at radius 2 is 2.09 bits per heavy atom. The number of rotatable bonds is 3. The fourth-order valence-electron chi connectivity index (χ4n) is 2.86. The number of hydrogen-bond acceptors (Lipinski definition) is 5. The van der Waals surface area contributed by atoms with E-state index in [-0.39, 0.29) is 24.4 Å². The zero-order valence-electron chi connectivity index (χ0n) is 12.5. The van der Waals surface area contributed by atoms with Crippen LogP contribution in [0.15, 0.2) is 33.9 Å². The Balaban J connectivity index is 1.55. The average Bonchev–Trinajstić information content (AvgIpc) is 3.16. The maximum atomic E-state index is 12.5. The second kappa shape index (κ2) is 5.54. The van der Waals surface area contributed by atoms with Crippen molar-refractivity contribution in [1.29, 1.82) is 0 Å². The lowest BCUT2D eigenvalue weighted by molar-refractivity contribution is -0.135. The highest BCUT2D eigenvalue weighted by Gasteiger charge is 2.17. The molecule has 8 nitrogen and oxygen atoms in total. The van der Waals surface area contributed by atoms with Gasteiger partial charge in [-0.05, 0) is 0 Å². The van der Waals surface area contributed by atoms with Crippen LogP contribution in [0.3, 0.4) is 0 Å². The zero-order valence-corrected chi connectivity index (χ0v) is 12.5. The fourth-order valence-corrected chi connectivity index (χ4v) is 2.86. The number of fused-ring (bicyclic) bond motifs is 3. The molecule has 4 rings (SSSR count). The first-order valence-electron chi connectivity index (χ1n) is 7.54. The van der Waals surface area contributed by atoms with Gasteiger partial charge in [0.25, 0.3) is 5.56 Å². The Kier molecular flexibility index (Phi) is 3.38. The third kappa shape index (κ3) is 2.40. The summed E-state index contributed by atoms with van der Waals surface area (Å²) in [6.07, 6.45) is 3.40. The number of carbonyl (C=O) groups excluding carboxylic acids is 1. The Hall–Kier alpha value is -2.61. The van der Waals surface area contributed by atoms with Gasteiger partial charge in [0.2, 0.25) is 5.91 Å². The monoisotopic (exact) mass is 316 g/mol. The molecule has 1 aliphatic rings. The predicted octanol–water partition coefficient (Wildman–Crippen LogP) is 0.491. The first-order valence-corrected chi connectivity index (χ1v) is 7.54. The van der Waals surface area contributed by atoms with E-state index in [1.807, 2.05) is 0 Å². The van der Waals surface area contributed by atoms with Crippen LogP contribution in [-0.4, -0.2) is 51.3 Å². The second-order valence-electron chi connectivity index (χ2n) is 5.47. The minimum atomic E-state index is -0.228. The maximum Gasteiger partial charge on any atom is 0.291 e. The van der Waals surface area contributed by atoms with Gasteiger partial charge in [-0.2, -0.15) is 5.10 Å². The van der Waals surface area contributed by atoms with Crippen molar-refractivity contribution < 1.29 is 13.9 Å². The molecule has 0 radical (unpaired) electrons. The molecule has 0 spiro atoms. The van der Waals surface area contributed by atoms with Crippen LogP contribution in [0.5, 0.6) is 0 Å². The molecule has 3 aromatic rings. The van der Waals surface area contributed by atoms with Crippen LogP contribution in [0.2, 0.25) is 0 Å². The molecule has 1 fully saturated rings. The summed E-state index contributed by atoms with van der Waals surface area (Å²) in [5, 5.41) is 4.16. The van der Waals surface area contributed by atoms with Gasteiger partial charge in [-0.15, -0.1) is 0 Å². The number of ether oxygens (including phenoxy) is 1. The summed E-state index contributed by atoms with van der Waals surface area (Å²) in [7, 11) is 0. The smallest absolute Gasteiger partial charge is 0.291 e. The number of hydrogen-bond donors (Lipinski definition) is 0. The van der Waals surface area contributed by atoms with E-state index in [0.717, 1.165) is 5.52 Å². The Morgan fingerprint density at radius 1 is 1.26 bits per heavy atom. The minimum absolute atomic E-state index is 0.0195. The highest BCUT2D eigenvalue weighted by molar-refractivity contribution is 5.81. The second-order valence-corrected chi connectivity index (χ2v) is 5.47. The van der Waals surface area contributed by atoms with Gasteiger partial charge in [-0.25, -0.2) is 4.68 Å². The molecule has 1 amide bonds. The molecule has 8 heteroatoms. The van der Waals surface area contributed by atoms with Crippen molar-refractivity contribution in [2.24, 2.45) is 0 Å². The topological polar surface area (TPSA) is 82.0 Å². The Bertz CT molecular complexity index is 916. The summed E-state index contributed by atoms with van der Waals surface area (Å²) in [6.45, 7) is 2.61. The molecule has 120 valence electrons. The molecular formula is C15H16N4O4. The molecule has 0 N–H and O–H groups in total. The minimum Gasteiger partial charge on any atom is -0.463 e. The van der Waals surface area contributed by atoms with Gasteiger partial charge in [0.05, 0.1) is 31.5 Å². The molecular weight excluding hydrogens is 300 g/mol. The van der Waals surface area contributed by atoms with E-state index in [1.54, 1.807) is 34.0 Å². The van der Waals surface area contributed by atoms with Gasteiger partial charge < -0.3 is 14.1 Å². The molecule has 0 aliphatic carbocycles. The summed E-state index contributed by atoms with van der Waals surface area (Å²) >= 11 is 0. The number of amides is 1. The quantitative estimate of drug-likeness (QED) is 0.702. The van der Waals surface area contributed by atoms with Gasteiger partial charge in [-0.3, -0.25) is 14.0 Å². The molecule has 0 aromatic carbocycles. The summed E-state index contributed by atoms with van der Waals surface area (Å²) in [5.74, 6) is 0.0195. The molecule has 0 bridgehead atoms. The highest BCUT2D eigenvalue weighted by atomic mass is 16.5. The molecule has 0 saturated carbocycles. The summed E-state index contributed by atoms with van der Waals surface area (Å²) in [4.78, 5) is 26.4. The van der Waals surface area contributed by atoms with Gasteiger partial charge in [0, 0.05) is 31.6 Å². The van der Waals surface area contributed by atoms with Crippen molar-refractivity contribution in [3.8, 4) is 0 Å².